The number of amides is 1. The molecule has 0 radical (unpaired) electrons. The van der Waals surface area contributed by atoms with Gasteiger partial charge in [0.15, 0.2) is 0 Å². The van der Waals surface area contributed by atoms with Crippen molar-refractivity contribution in [2.45, 2.75) is 38.8 Å². The van der Waals surface area contributed by atoms with E-state index in [1.165, 1.54) is 6.42 Å². The van der Waals surface area contributed by atoms with E-state index in [-0.39, 0.29) is 6.09 Å². The molecule has 0 spiro atoms. The molecule has 0 aliphatic carbocycles. The lowest BCUT2D eigenvalue weighted by atomic mass is 10.2. The fraction of sp³-hybridized carbons (Fsp3) is 0.941. The van der Waals surface area contributed by atoms with E-state index < -0.39 is 5.60 Å². The van der Waals surface area contributed by atoms with Crippen LogP contribution in [0.3, 0.4) is 0 Å². The number of ether oxygens (including phenoxy) is 1. The van der Waals surface area contributed by atoms with Gasteiger partial charge in [0.25, 0.3) is 0 Å². The van der Waals surface area contributed by atoms with Gasteiger partial charge in [-0.15, -0.1) is 0 Å². The van der Waals surface area contributed by atoms with Crippen LogP contribution in [0.1, 0.15) is 27.2 Å². The second-order valence-corrected chi connectivity index (χ2v) is 7.72. The van der Waals surface area contributed by atoms with Crippen LogP contribution >= 0.6 is 0 Å². The van der Waals surface area contributed by atoms with Crippen molar-refractivity contribution in [3.63, 3.8) is 0 Å². The standard InChI is InChI=1S/C17H35N5O2/c1-17(2,3)24-16(23)20-14-15-13-19-6-9-21-8-4-5-18-7-10-22(15)12-11-21/h15,18-19H,4-14H2,1-3H3,(H,20,23). The van der Waals surface area contributed by atoms with Crippen molar-refractivity contribution in [3.8, 4) is 0 Å². The molecule has 3 atom stereocenters. The van der Waals surface area contributed by atoms with E-state index in [0.29, 0.717) is 12.6 Å². The minimum Gasteiger partial charge on any atom is -0.444 e. The molecule has 2 aliphatic rings. The molecule has 24 heavy (non-hydrogen) atoms. The van der Waals surface area contributed by atoms with Crippen molar-refractivity contribution in [1.29, 1.82) is 0 Å². The summed E-state index contributed by atoms with van der Waals surface area (Å²) in [6.07, 6.45) is 0.882. The lowest BCUT2D eigenvalue weighted by Crippen LogP contribution is -2.52. The third-order valence-corrected chi connectivity index (χ3v) is 4.49. The summed E-state index contributed by atoms with van der Waals surface area (Å²) in [5, 5.41) is 10.0. The van der Waals surface area contributed by atoms with E-state index in [1.807, 2.05) is 20.8 Å². The molecule has 0 aromatic rings. The van der Waals surface area contributed by atoms with Crippen molar-refractivity contribution < 1.29 is 9.53 Å². The Morgan fingerprint density at radius 3 is 2.67 bits per heavy atom. The van der Waals surface area contributed by atoms with Crippen molar-refractivity contribution >= 4 is 6.09 Å². The number of carbonyl (C=O) groups is 1. The fourth-order valence-electron chi connectivity index (χ4n) is 3.21. The van der Waals surface area contributed by atoms with Crippen LogP contribution in [-0.2, 0) is 4.74 Å². The van der Waals surface area contributed by atoms with Crippen molar-refractivity contribution in [2.75, 3.05) is 65.4 Å². The quantitative estimate of drug-likeness (QED) is 0.661. The SMILES string of the molecule is CC(C)(C)OC(=O)NCC1CNCCN2CCCNCCN1CC2. The van der Waals surface area contributed by atoms with E-state index in [4.69, 9.17) is 4.74 Å². The van der Waals surface area contributed by atoms with Gasteiger partial charge in [-0.2, -0.15) is 0 Å². The summed E-state index contributed by atoms with van der Waals surface area (Å²) in [6, 6.07) is 0.290. The summed E-state index contributed by atoms with van der Waals surface area (Å²) in [6.45, 7) is 15.7. The molecule has 2 aliphatic heterocycles. The Bertz CT molecular complexity index is 386. The summed E-state index contributed by atoms with van der Waals surface area (Å²) in [7, 11) is 0. The van der Waals surface area contributed by atoms with E-state index >= 15 is 0 Å². The van der Waals surface area contributed by atoms with Crippen LogP contribution in [0.4, 0.5) is 4.79 Å². The summed E-state index contributed by atoms with van der Waals surface area (Å²) in [5.74, 6) is 0. The number of nitrogens with zero attached hydrogens (tertiary/aromatic N) is 2. The zero-order valence-corrected chi connectivity index (χ0v) is 15.6. The van der Waals surface area contributed by atoms with Gasteiger partial charge in [0.2, 0.25) is 0 Å². The number of alkyl carbamates (subject to hydrolysis) is 1. The minimum atomic E-state index is -0.456. The second kappa shape index (κ2) is 9.56. The average Bonchev–Trinajstić information content (AvgIpc) is 2.60. The normalized spacial score (nSPS) is 29.9. The third-order valence-electron chi connectivity index (χ3n) is 4.49. The van der Waals surface area contributed by atoms with E-state index in [1.54, 1.807) is 0 Å². The largest absolute Gasteiger partial charge is 0.444 e. The first-order valence-electron chi connectivity index (χ1n) is 9.29. The van der Waals surface area contributed by atoms with Crippen LogP contribution < -0.4 is 16.0 Å². The summed E-state index contributed by atoms with van der Waals surface area (Å²) in [4.78, 5) is 17.0. The zero-order valence-electron chi connectivity index (χ0n) is 15.6. The number of rotatable bonds is 2. The Kier molecular flexibility index (Phi) is 7.74. The molecular formula is C17H35N5O2. The molecule has 2 rings (SSSR count). The van der Waals surface area contributed by atoms with E-state index in [2.05, 4.69) is 25.8 Å². The van der Waals surface area contributed by atoms with Gasteiger partial charge >= 0.3 is 6.09 Å². The van der Waals surface area contributed by atoms with Gasteiger partial charge < -0.3 is 25.6 Å². The highest BCUT2D eigenvalue weighted by atomic mass is 16.6. The van der Waals surface area contributed by atoms with Crippen LogP contribution in [-0.4, -0.2) is 93.0 Å². The Morgan fingerprint density at radius 1 is 1.08 bits per heavy atom. The number of hydrogen-bond donors (Lipinski definition) is 3. The van der Waals surface area contributed by atoms with Crippen LogP contribution in [0.5, 0.6) is 0 Å². The van der Waals surface area contributed by atoms with Gasteiger partial charge in [0.05, 0.1) is 0 Å². The Balaban J connectivity index is 1.91. The van der Waals surface area contributed by atoms with Crippen LogP contribution in [0.15, 0.2) is 0 Å². The first-order chi connectivity index (χ1) is 11.4. The molecular weight excluding hydrogens is 306 g/mol. The molecule has 1 amide bonds. The molecule has 140 valence electrons. The highest BCUT2D eigenvalue weighted by molar-refractivity contribution is 5.67. The molecule has 0 aromatic heterocycles. The monoisotopic (exact) mass is 341 g/mol. The first-order valence-corrected chi connectivity index (χ1v) is 9.29. The van der Waals surface area contributed by atoms with Gasteiger partial charge in [-0.05, 0) is 40.3 Å². The maximum atomic E-state index is 12.0. The predicted octanol–water partition coefficient (Wildman–Crippen LogP) is 0.0802. The van der Waals surface area contributed by atoms with Gasteiger partial charge in [0.1, 0.15) is 5.60 Å². The Labute approximate surface area is 146 Å². The number of nitrogens with one attached hydrogen (secondary N) is 3. The van der Waals surface area contributed by atoms with Gasteiger partial charge in [0, 0.05) is 58.4 Å². The molecule has 7 heteroatoms. The van der Waals surface area contributed by atoms with Crippen LogP contribution in [0.25, 0.3) is 0 Å². The van der Waals surface area contributed by atoms with E-state index in [9.17, 15) is 4.79 Å². The maximum Gasteiger partial charge on any atom is 0.407 e. The van der Waals surface area contributed by atoms with Gasteiger partial charge in [-0.3, -0.25) is 4.90 Å². The number of carbonyl (C=O) groups excluding carboxylic acids is 1. The summed E-state index contributed by atoms with van der Waals surface area (Å²) >= 11 is 0. The molecule has 3 N–H and O–H groups in total. The molecule has 2 heterocycles. The predicted molar refractivity (Wildman–Crippen MR) is 96.4 cm³/mol. The average molecular weight is 342 g/mol. The van der Waals surface area contributed by atoms with Crippen LogP contribution in [0, 0.1) is 0 Å². The molecule has 2 bridgehead atoms. The number of fused-ring (bicyclic) bond motifs is 3. The maximum absolute atomic E-state index is 12.0. The second-order valence-electron chi connectivity index (χ2n) is 7.72. The van der Waals surface area contributed by atoms with Gasteiger partial charge in [-0.25, -0.2) is 4.79 Å². The van der Waals surface area contributed by atoms with Crippen molar-refractivity contribution in [1.82, 2.24) is 25.8 Å². The fourth-order valence-corrected chi connectivity index (χ4v) is 3.21. The summed E-state index contributed by atoms with van der Waals surface area (Å²) < 4.78 is 5.36. The molecule has 2 saturated heterocycles. The molecule has 0 aromatic carbocycles. The molecule has 3 unspecified atom stereocenters. The van der Waals surface area contributed by atoms with Crippen LogP contribution in [0.2, 0.25) is 0 Å². The third kappa shape index (κ3) is 7.34. The highest BCUT2D eigenvalue weighted by Gasteiger charge is 2.23. The Morgan fingerprint density at radius 2 is 1.88 bits per heavy atom. The Hall–Kier alpha value is -0.890. The zero-order chi connectivity index (χ0) is 17.4. The lowest BCUT2D eigenvalue weighted by molar-refractivity contribution is 0.0505. The highest BCUT2D eigenvalue weighted by Crippen LogP contribution is 2.07. The van der Waals surface area contributed by atoms with Gasteiger partial charge in [-0.1, -0.05) is 0 Å². The minimum absolute atomic E-state index is 0.290. The van der Waals surface area contributed by atoms with Crippen molar-refractivity contribution in [2.24, 2.45) is 0 Å². The summed E-state index contributed by atoms with van der Waals surface area (Å²) in [5.41, 5.74) is -0.456. The smallest absolute Gasteiger partial charge is 0.407 e. The molecule has 2 fully saturated rings. The molecule has 0 saturated carbocycles. The topological polar surface area (TPSA) is 68.9 Å². The first kappa shape index (κ1) is 19.4. The number of hydrogen-bond acceptors (Lipinski definition) is 6. The molecule has 7 nitrogen and oxygen atoms in total. The lowest BCUT2D eigenvalue weighted by Gasteiger charge is -2.33. The van der Waals surface area contributed by atoms with Crippen molar-refractivity contribution in [3.05, 3.63) is 0 Å². The van der Waals surface area contributed by atoms with E-state index in [0.717, 1.165) is 58.9 Å².